The largest absolute Gasteiger partial charge is 0.342 e. The second kappa shape index (κ2) is 7.20. The van der Waals surface area contributed by atoms with Crippen LogP contribution in [-0.2, 0) is 4.79 Å². The van der Waals surface area contributed by atoms with Crippen LogP contribution in [0.4, 0.5) is 0 Å². The van der Waals surface area contributed by atoms with Crippen LogP contribution in [0, 0.1) is 17.8 Å². The molecule has 1 aromatic rings. The third-order valence-corrected chi connectivity index (χ3v) is 6.62. The summed E-state index contributed by atoms with van der Waals surface area (Å²) >= 11 is 5.91. The maximum absolute atomic E-state index is 13.0. The van der Waals surface area contributed by atoms with Gasteiger partial charge >= 0.3 is 0 Å². The molecule has 140 valence electrons. The minimum atomic E-state index is -0.0879. The Kier molecular flexibility index (Phi) is 4.93. The molecule has 0 bridgehead atoms. The van der Waals surface area contributed by atoms with Crippen molar-refractivity contribution >= 4 is 23.4 Å². The predicted octanol–water partition coefficient (Wildman–Crippen LogP) is 2.39. The summed E-state index contributed by atoms with van der Waals surface area (Å²) < 4.78 is 0. The molecular weight excluding hydrogens is 350 g/mol. The molecule has 2 aliphatic heterocycles. The van der Waals surface area contributed by atoms with Gasteiger partial charge in [0.15, 0.2) is 0 Å². The average molecular weight is 376 g/mol. The Morgan fingerprint density at radius 3 is 2.50 bits per heavy atom. The van der Waals surface area contributed by atoms with Crippen LogP contribution in [0.2, 0.25) is 5.02 Å². The molecule has 4 rings (SSSR count). The average Bonchev–Trinajstić information content (AvgIpc) is 3.23. The summed E-state index contributed by atoms with van der Waals surface area (Å²) in [6.45, 7) is 2.87. The minimum Gasteiger partial charge on any atom is -0.342 e. The van der Waals surface area contributed by atoms with Gasteiger partial charge in [-0.15, -0.1) is 0 Å². The van der Waals surface area contributed by atoms with Crippen LogP contribution >= 0.6 is 11.6 Å². The number of benzene rings is 1. The van der Waals surface area contributed by atoms with E-state index in [1.165, 1.54) is 0 Å². The summed E-state index contributed by atoms with van der Waals surface area (Å²) in [5.41, 5.74) is 6.83. The Hall–Kier alpha value is -1.59. The molecule has 2 saturated heterocycles. The number of piperidine rings is 1. The molecule has 2 N–H and O–H groups in total. The van der Waals surface area contributed by atoms with Gasteiger partial charge in [0.1, 0.15) is 0 Å². The van der Waals surface area contributed by atoms with Crippen molar-refractivity contribution < 1.29 is 9.59 Å². The maximum atomic E-state index is 13.0. The van der Waals surface area contributed by atoms with Crippen molar-refractivity contribution in [1.29, 1.82) is 0 Å². The minimum absolute atomic E-state index is 0.0144. The van der Waals surface area contributed by atoms with E-state index in [2.05, 4.69) is 0 Å². The molecule has 4 atom stereocenters. The van der Waals surface area contributed by atoms with Gasteiger partial charge in [0.25, 0.3) is 5.91 Å². The number of fused-ring (bicyclic) bond motifs is 1. The number of hydrogen-bond donors (Lipinski definition) is 1. The molecule has 2 amide bonds. The van der Waals surface area contributed by atoms with E-state index in [4.69, 9.17) is 17.3 Å². The number of carbonyl (C=O) groups is 2. The monoisotopic (exact) mass is 375 g/mol. The van der Waals surface area contributed by atoms with Crippen LogP contribution in [0.25, 0.3) is 0 Å². The van der Waals surface area contributed by atoms with Crippen molar-refractivity contribution in [2.24, 2.45) is 23.5 Å². The lowest BCUT2D eigenvalue weighted by Crippen LogP contribution is -2.46. The zero-order chi connectivity index (χ0) is 18.3. The van der Waals surface area contributed by atoms with Crippen molar-refractivity contribution in [2.45, 2.75) is 31.7 Å². The van der Waals surface area contributed by atoms with Crippen molar-refractivity contribution in [1.82, 2.24) is 9.80 Å². The summed E-state index contributed by atoms with van der Waals surface area (Å²) in [4.78, 5) is 29.6. The standard InChI is InChI=1S/C20H26ClN3O2/c21-16-6-3-13(4-7-16)19(25)23-9-1-2-15(11-23)20(26)24-10-14-5-8-18(22)17(14)12-24/h3-4,6-7,14-15,17-18H,1-2,5,8-12,22H2. The summed E-state index contributed by atoms with van der Waals surface area (Å²) in [5.74, 6) is 1.15. The summed E-state index contributed by atoms with van der Waals surface area (Å²) in [6, 6.07) is 7.20. The number of nitrogens with zero attached hydrogens (tertiary/aromatic N) is 2. The normalized spacial score (nSPS) is 31.2. The highest BCUT2D eigenvalue weighted by atomic mass is 35.5. The van der Waals surface area contributed by atoms with Crippen LogP contribution in [-0.4, -0.2) is 53.8 Å². The fourth-order valence-corrected chi connectivity index (χ4v) is 5.01. The summed E-state index contributed by atoms with van der Waals surface area (Å²) in [7, 11) is 0. The Morgan fingerprint density at radius 1 is 1.00 bits per heavy atom. The molecule has 3 aliphatic rings. The van der Waals surface area contributed by atoms with Gasteiger partial charge in [0.05, 0.1) is 5.92 Å². The maximum Gasteiger partial charge on any atom is 0.253 e. The zero-order valence-electron chi connectivity index (χ0n) is 14.9. The summed E-state index contributed by atoms with van der Waals surface area (Å²) in [5, 5.41) is 0.617. The second-order valence-electron chi connectivity index (χ2n) is 8.01. The van der Waals surface area contributed by atoms with E-state index >= 15 is 0 Å². The number of hydrogen-bond acceptors (Lipinski definition) is 3. The number of rotatable bonds is 2. The third kappa shape index (κ3) is 3.35. The Morgan fingerprint density at radius 2 is 1.77 bits per heavy atom. The first-order valence-corrected chi connectivity index (χ1v) is 10.00. The van der Waals surface area contributed by atoms with Gasteiger partial charge in [-0.3, -0.25) is 9.59 Å². The molecule has 0 radical (unpaired) electrons. The van der Waals surface area contributed by atoms with Crippen molar-refractivity contribution in [3.63, 3.8) is 0 Å². The number of halogens is 1. The topological polar surface area (TPSA) is 66.6 Å². The third-order valence-electron chi connectivity index (χ3n) is 6.37. The lowest BCUT2D eigenvalue weighted by Gasteiger charge is -2.34. The Balaban J connectivity index is 1.39. The number of likely N-dealkylation sites (tertiary alicyclic amines) is 2. The van der Waals surface area contributed by atoms with Gasteiger partial charge in [0, 0.05) is 42.8 Å². The van der Waals surface area contributed by atoms with Crippen molar-refractivity contribution in [3.05, 3.63) is 34.9 Å². The highest BCUT2D eigenvalue weighted by Crippen LogP contribution is 2.38. The van der Waals surface area contributed by atoms with Crippen LogP contribution < -0.4 is 5.73 Å². The molecular formula is C20H26ClN3O2. The van der Waals surface area contributed by atoms with Crippen molar-refractivity contribution in [3.8, 4) is 0 Å². The van der Waals surface area contributed by atoms with Crippen LogP contribution in [0.3, 0.4) is 0 Å². The van der Waals surface area contributed by atoms with Gasteiger partial charge < -0.3 is 15.5 Å². The van der Waals surface area contributed by atoms with Crippen LogP contribution in [0.15, 0.2) is 24.3 Å². The lowest BCUT2D eigenvalue weighted by molar-refractivity contribution is -0.136. The fourth-order valence-electron chi connectivity index (χ4n) is 4.88. The van der Waals surface area contributed by atoms with Gasteiger partial charge in [-0.1, -0.05) is 11.6 Å². The lowest BCUT2D eigenvalue weighted by atomic mass is 9.95. The summed E-state index contributed by atoms with van der Waals surface area (Å²) in [6.07, 6.45) is 3.96. The molecule has 2 heterocycles. The first kappa shape index (κ1) is 17.8. The molecule has 6 heteroatoms. The van der Waals surface area contributed by atoms with E-state index in [-0.39, 0.29) is 23.8 Å². The predicted molar refractivity (Wildman–Crippen MR) is 101 cm³/mol. The molecule has 3 fully saturated rings. The number of nitrogens with two attached hydrogens (primary N) is 1. The molecule has 0 spiro atoms. The zero-order valence-corrected chi connectivity index (χ0v) is 15.7. The highest BCUT2D eigenvalue weighted by molar-refractivity contribution is 6.30. The molecule has 5 nitrogen and oxygen atoms in total. The Bertz CT molecular complexity index is 693. The van der Waals surface area contributed by atoms with E-state index < -0.39 is 0 Å². The number of carbonyl (C=O) groups excluding carboxylic acids is 2. The van der Waals surface area contributed by atoms with Crippen LogP contribution in [0.5, 0.6) is 0 Å². The molecule has 1 saturated carbocycles. The van der Waals surface area contributed by atoms with E-state index in [1.807, 2.05) is 9.80 Å². The molecule has 0 aromatic heterocycles. The smallest absolute Gasteiger partial charge is 0.253 e. The first-order valence-electron chi connectivity index (χ1n) is 9.62. The van der Waals surface area contributed by atoms with E-state index in [0.717, 1.165) is 38.8 Å². The number of amides is 2. The Labute approximate surface area is 159 Å². The van der Waals surface area contributed by atoms with Crippen LogP contribution in [0.1, 0.15) is 36.0 Å². The van der Waals surface area contributed by atoms with E-state index in [0.29, 0.717) is 35.5 Å². The second-order valence-corrected chi connectivity index (χ2v) is 8.44. The van der Waals surface area contributed by atoms with Crippen molar-refractivity contribution in [2.75, 3.05) is 26.2 Å². The molecule has 26 heavy (non-hydrogen) atoms. The molecule has 4 unspecified atom stereocenters. The fraction of sp³-hybridized carbons (Fsp3) is 0.600. The SMILES string of the molecule is NC1CCC2CN(C(=O)C3CCCN(C(=O)c4ccc(Cl)cc4)C3)CC12. The van der Waals surface area contributed by atoms with Gasteiger partial charge in [0.2, 0.25) is 5.91 Å². The van der Waals surface area contributed by atoms with Gasteiger partial charge in [-0.25, -0.2) is 0 Å². The van der Waals surface area contributed by atoms with Gasteiger partial charge in [-0.2, -0.15) is 0 Å². The first-order chi connectivity index (χ1) is 12.5. The molecule has 1 aromatic carbocycles. The van der Waals surface area contributed by atoms with E-state index in [1.54, 1.807) is 24.3 Å². The van der Waals surface area contributed by atoms with E-state index in [9.17, 15) is 9.59 Å². The van der Waals surface area contributed by atoms with Gasteiger partial charge in [-0.05, 0) is 61.8 Å². The highest BCUT2D eigenvalue weighted by Gasteiger charge is 2.44. The molecule has 1 aliphatic carbocycles. The quantitative estimate of drug-likeness (QED) is 0.863.